The second-order valence-corrected chi connectivity index (χ2v) is 7.84. The highest BCUT2D eigenvalue weighted by Gasteiger charge is 2.22. The topological polar surface area (TPSA) is 0 Å². The van der Waals surface area contributed by atoms with Crippen molar-refractivity contribution in [3.05, 3.63) is 89.0 Å². The van der Waals surface area contributed by atoms with Gasteiger partial charge in [-0.15, -0.1) is 0 Å². The molecule has 1 unspecified atom stereocenters. The van der Waals surface area contributed by atoms with Crippen LogP contribution >= 0.6 is 0 Å². The molecule has 3 aromatic rings. The summed E-state index contributed by atoms with van der Waals surface area (Å²) in [4.78, 5) is 0. The Bertz CT molecular complexity index is 932. The highest BCUT2D eigenvalue weighted by molar-refractivity contribution is 5.89. The van der Waals surface area contributed by atoms with E-state index < -0.39 is 0 Å². The monoisotopic (exact) mass is 354 g/mol. The van der Waals surface area contributed by atoms with E-state index in [1.807, 2.05) is 0 Å². The van der Waals surface area contributed by atoms with Crippen molar-refractivity contribution in [1.29, 1.82) is 0 Å². The summed E-state index contributed by atoms with van der Waals surface area (Å²) in [5, 5.41) is 2.78. The first-order valence-corrected chi connectivity index (χ1v) is 10.7. The van der Waals surface area contributed by atoms with E-state index in [0.29, 0.717) is 5.92 Å². The van der Waals surface area contributed by atoms with Crippen molar-refractivity contribution < 1.29 is 0 Å². The van der Waals surface area contributed by atoms with E-state index in [9.17, 15) is 0 Å². The minimum Gasteiger partial charge on any atom is -0.0720 e. The maximum Gasteiger partial charge on any atom is 0.0287 e. The standard InChI is InChI=1S/C27H30/c1-2-3-4-5-6-7-14-23-18-17-22-13-9-11-16-25(22)27(23)26-20-19-21-12-8-10-15-24(21)26/h8-13,15-20,26H,2-7,14H2,1H3. The number of fused-ring (bicyclic) bond motifs is 2. The molecule has 0 aromatic heterocycles. The maximum atomic E-state index is 2.40. The fraction of sp³-hybridized carbons (Fsp3) is 0.333. The van der Waals surface area contributed by atoms with Crippen LogP contribution in [0.2, 0.25) is 0 Å². The Hall–Kier alpha value is -2.34. The summed E-state index contributed by atoms with van der Waals surface area (Å²) >= 11 is 0. The van der Waals surface area contributed by atoms with Gasteiger partial charge in [-0.3, -0.25) is 0 Å². The van der Waals surface area contributed by atoms with Gasteiger partial charge >= 0.3 is 0 Å². The molecule has 3 aromatic carbocycles. The Balaban J connectivity index is 1.64. The van der Waals surface area contributed by atoms with Gasteiger partial charge < -0.3 is 0 Å². The summed E-state index contributed by atoms with van der Waals surface area (Å²) in [6.07, 6.45) is 14.0. The number of hydrogen-bond donors (Lipinski definition) is 0. The Morgan fingerprint density at radius 2 is 1.52 bits per heavy atom. The predicted octanol–water partition coefficient (Wildman–Crippen LogP) is 7.90. The lowest BCUT2D eigenvalue weighted by molar-refractivity contribution is 0.606. The number of aryl methyl sites for hydroxylation is 1. The molecular weight excluding hydrogens is 324 g/mol. The van der Waals surface area contributed by atoms with E-state index in [-0.39, 0.29) is 0 Å². The molecule has 0 amide bonds. The summed E-state index contributed by atoms with van der Waals surface area (Å²) in [6.45, 7) is 2.29. The minimum absolute atomic E-state index is 0.391. The summed E-state index contributed by atoms with van der Waals surface area (Å²) in [6, 6.07) is 22.5. The Morgan fingerprint density at radius 1 is 0.741 bits per heavy atom. The molecule has 0 nitrogen and oxygen atoms in total. The highest BCUT2D eigenvalue weighted by atomic mass is 14.3. The molecule has 0 N–H and O–H groups in total. The molecule has 0 bridgehead atoms. The zero-order valence-electron chi connectivity index (χ0n) is 16.5. The lowest BCUT2D eigenvalue weighted by Gasteiger charge is -2.19. The Kier molecular flexibility index (Phi) is 5.72. The second kappa shape index (κ2) is 8.57. The zero-order chi connectivity index (χ0) is 18.5. The summed E-state index contributed by atoms with van der Waals surface area (Å²) in [5.74, 6) is 0.391. The third-order valence-electron chi connectivity index (χ3n) is 5.97. The molecule has 0 saturated heterocycles. The fourth-order valence-corrected chi connectivity index (χ4v) is 4.52. The van der Waals surface area contributed by atoms with Crippen LogP contribution in [0.1, 0.15) is 73.6 Å². The van der Waals surface area contributed by atoms with Gasteiger partial charge in [0, 0.05) is 5.92 Å². The van der Waals surface area contributed by atoms with Crippen molar-refractivity contribution in [3.8, 4) is 0 Å². The SMILES string of the molecule is CCCCCCCCc1ccc2ccccc2c1C1C=Cc2ccccc21. The normalized spacial score (nSPS) is 15.4. The predicted molar refractivity (Wildman–Crippen MR) is 118 cm³/mol. The summed E-state index contributed by atoms with van der Waals surface area (Å²) in [7, 11) is 0. The molecule has 0 heterocycles. The van der Waals surface area contributed by atoms with Crippen LogP contribution in [-0.2, 0) is 6.42 Å². The van der Waals surface area contributed by atoms with E-state index >= 15 is 0 Å². The van der Waals surface area contributed by atoms with Crippen LogP contribution in [0, 0.1) is 0 Å². The Labute approximate surface area is 163 Å². The number of hydrogen-bond acceptors (Lipinski definition) is 0. The summed E-state index contributed by atoms with van der Waals surface area (Å²) < 4.78 is 0. The van der Waals surface area contributed by atoms with E-state index in [1.54, 1.807) is 0 Å². The molecule has 1 aliphatic carbocycles. The first-order chi connectivity index (χ1) is 13.4. The first kappa shape index (κ1) is 18.0. The molecule has 0 radical (unpaired) electrons. The quantitative estimate of drug-likeness (QED) is 0.361. The van der Waals surface area contributed by atoms with Gasteiger partial charge in [0.05, 0.1) is 0 Å². The molecule has 4 rings (SSSR count). The number of rotatable bonds is 8. The van der Waals surface area contributed by atoms with Crippen molar-refractivity contribution in [2.45, 2.75) is 57.8 Å². The van der Waals surface area contributed by atoms with Crippen LogP contribution < -0.4 is 0 Å². The van der Waals surface area contributed by atoms with E-state index in [0.717, 1.165) is 0 Å². The molecule has 0 heteroatoms. The first-order valence-electron chi connectivity index (χ1n) is 10.7. The van der Waals surface area contributed by atoms with Crippen molar-refractivity contribution in [2.24, 2.45) is 0 Å². The van der Waals surface area contributed by atoms with Crippen LogP contribution in [0.4, 0.5) is 0 Å². The molecule has 0 aliphatic heterocycles. The Morgan fingerprint density at radius 3 is 2.44 bits per heavy atom. The minimum atomic E-state index is 0.391. The number of benzene rings is 3. The average Bonchev–Trinajstić information content (AvgIpc) is 3.14. The van der Waals surface area contributed by atoms with Gasteiger partial charge in [-0.2, -0.15) is 0 Å². The van der Waals surface area contributed by atoms with E-state index in [2.05, 4.69) is 79.7 Å². The maximum absolute atomic E-state index is 2.40. The van der Waals surface area contributed by atoms with E-state index in [1.165, 1.54) is 78.0 Å². The fourth-order valence-electron chi connectivity index (χ4n) is 4.52. The molecule has 0 fully saturated rings. The van der Waals surface area contributed by atoms with Gasteiger partial charge in [0.15, 0.2) is 0 Å². The van der Waals surface area contributed by atoms with Gasteiger partial charge in [0.25, 0.3) is 0 Å². The third kappa shape index (κ3) is 3.86. The van der Waals surface area contributed by atoms with Gasteiger partial charge in [-0.05, 0) is 45.9 Å². The highest BCUT2D eigenvalue weighted by Crippen LogP contribution is 2.40. The van der Waals surface area contributed by atoms with Crippen LogP contribution in [0.5, 0.6) is 0 Å². The van der Waals surface area contributed by atoms with Crippen molar-refractivity contribution >= 4 is 16.8 Å². The van der Waals surface area contributed by atoms with Crippen molar-refractivity contribution in [2.75, 3.05) is 0 Å². The van der Waals surface area contributed by atoms with Crippen LogP contribution in [-0.4, -0.2) is 0 Å². The largest absolute Gasteiger partial charge is 0.0720 e. The van der Waals surface area contributed by atoms with Crippen LogP contribution in [0.15, 0.2) is 66.7 Å². The van der Waals surface area contributed by atoms with Crippen LogP contribution in [0.25, 0.3) is 16.8 Å². The smallest absolute Gasteiger partial charge is 0.0287 e. The van der Waals surface area contributed by atoms with Crippen LogP contribution in [0.3, 0.4) is 0 Å². The van der Waals surface area contributed by atoms with Crippen molar-refractivity contribution in [1.82, 2.24) is 0 Å². The van der Waals surface area contributed by atoms with Gasteiger partial charge in [0.1, 0.15) is 0 Å². The second-order valence-electron chi connectivity index (χ2n) is 7.84. The van der Waals surface area contributed by atoms with Crippen molar-refractivity contribution in [3.63, 3.8) is 0 Å². The molecule has 0 saturated carbocycles. The molecule has 1 aliphatic rings. The lowest BCUT2D eigenvalue weighted by atomic mass is 9.84. The number of unbranched alkanes of at least 4 members (excludes halogenated alkanes) is 5. The molecule has 0 spiro atoms. The molecular formula is C27H30. The van der Waals surface area contributed by atoms with Gasteiger partial charge in [0.2, 0.25) is 0 Å². The molecule has 1 atom stereocenters. The number of allylic oxidation sites excluding steroid dienone is 1. The summed E-state index contributed by atoms with van der Waals surface area (Å²) in [5.41, 5.74) is 5.90. The average molecular weight is 355 g/mol. The zero-order valence-corrected chi connectivity index (χ0v) is 16.5. The van der Waals surface area contributed by atoms with E-state index in [4.69, 9.17) is 0 Å². The van der Waals surface area contributed by atoms with Gasteiger partial charge in [-0.1, -0.05) is 112 Å². The molecule has 27 heavy (non-hydrogen) atoms. The molecule has 138 valence electrons. The third-order valence-corrected chi connectivity index (χ3v) is 5.97. The van der Waals surface area contributed by atoms with Gasteiger partial charge in [-0.25, -0.2) is 0 Å². The lowest BCUT2D eigenvalue weighted by Crippen LogP contribution is -2.03.